The Bertz CT molecular complexity index is 426. The quantitative estimate of drug-likeness (QED) is 0.574. The Balaban J connectivity index is 2.88. The van der Waals surface area contributed by atoms with Crippen LogP contribution in [0.15, 0.2) is 30.5 Å². The smallest absolute Gasteiger partial charge is 0.218 e. The number of nitrogen functional groups attached to an aromatic ring is 1. The van der Waals surface area contributed by atoms with Gasteiger partial charge in [-0.15, -0.1) is 0 Å². The van der Waals surface area contributed by atoms with Gasteiger partial charge in [0.1, 0.15) is 0 Å². The average Bonchev–Trinajstić information content (AvgIpc) is 2.07. The second-order valence-corrected chi connectivity index (χ2v) is 2.62. The summed E-state index contributed by atoms with van der Waals surface area (Å²) in [5, 5.41) is 11.0. The standard InChI is InChI=1S/C9H8N2O/c10-7-2-1-6-3-4-11-9(12)8(6)5-7/h1-5H,10H2,(H,11,12). The number of aromatic nitrogens is 1. The van der Waals surface area contributed by atoms with Gasteiger partial charge in [0.15, 0.2) is 0 Å². The molecule has 1 aromatic heterocycles. The Kier molecular flexibility index (Phi) is 1.37. The minimum atomic E-state index is 0.0276. The number of hydrogen-bond donors (Lipinski definition) is 2. The molecule has 0 fully saturated rings. The molecule has 0 atom stereocenters. The molecule has 60 valence electrons. The zero-order chi connectivity index (χ0) is 8.55. The first kappa shape index (κ1) is 6.91. The molecule has 3 nitrogen and oxygen atoms in total. The molecule has 1 heterocycles. The van der Waals surface area contributed by atoms with Gasteiger partial charge < -0.3 is 10.8 Å². The van der Waals surface area contributed by atoms with Crippen LogP contribution < -0.4 is 5.73 Å². The molecule has 0 aliphatic carbocycles. The summed E-state index contributed by atoms with van der Waals surface area (Å²) in [4.78, 5) is 3.75. The monoisotopic (exact) mass is 160 g/mol. The fourth-order valence-electron chi connectivity index (χ4n) is 1.17. The summed E-state index contributed by atoms with van der Waals surface area (Å²) in [6.07, 6.45) is 1.56. The minimum Gasteiger partial charge on any atom is -0.493 e. The third-order valence-electron chi connectivity index (χ3n) is 1.77. The van der Waals surface area contributed by atoms with Crippen molar-refractivity contribution in [2.24, 2.45) is 0 Å². The van der Waals surface area contributed by atoms with Crippen LogP contribution in [0, 0.1) is 0 Å². The van der Waals surface area contributed by atoms with Crippen molar-refractivity contribution in [1.29, 1.82) is 0 Å². The zero-order valence-corrected chi connectivity index (χ0v) is 6.36. The van der Waals surface area contributed by atoms with E-state index >= 15 is 0 Å². The summed E-state index contributed by atoms with van der Waals surface area (Å²) in [5.41, 5.74) is 6.18. The van der Waals surface area contributed by atoms with E-state index in [1.807, 2.05) is 12.1 Å². The van der Waals surface area contributed by atoms with Gasteiger partial charge in [-0.1, -0.05) is 6.07 Å². The number of benzene rings is 1. The van der Waals surface area contributed by atoms with Gasteiger partial charge in [-0.05, 0) is 23.6 Å². The van der Waals surface area contributed by atoms with Crippen LogP contribution in [0.2, 0.25) is 0 Å². The lowest BCUT2D eigenvalue weighted by atomic mass is 10.1. The molecule has 0 saturated carbocycles. The summed E-state index contributed by atoms with van der Waals surface area (Å²) in [6.45, 7) is 0. The number of pyridine rings is 1. The molecule has 12 heavy (non-hydrogen) atoms. The van der Waals surface area contributed by atoms with Crippen LogP contribution in [0.1, 0.15) is 0 Å². The maximum atomic E-state index is 9.33. The SMILES string of the molecule is Nc1ccc2ccnc(O)c2c1. The third-order valence-corrected chi connectivity index (χ3v) is 1.77. The molecule has 0 amide bonds. The minimum absolute atomic E-state index is 0.0276. The Labute approximate surface area is 69.5 Å². The average molecular weight is 160 g/mol. The van der Waals surface area contributed by atoms with E-state index in [1.54, 1.807) is 18.3 Å². The van der Waals surface area contributed by atoms with Crippen molar-refractivity contribution in [2.45, 2.75) is 0 Å². The van der Waals surface area contributed by atoms with Gasteiger partial charge in [0.25, 0.3) is 0 Å². The normalized spacial score (nSPS) is 10.3. The molecule has 3 N–H and O–H groups in total. The molecule has 3 heteroatoms. The first-order chi connectivity index (χ1) is 5.77. The van der Waals surface area contributed by atoms with E-state index < -0.39 is 0 Å². The Morgan fingerprint density at radius 2 is 2.08 bits per heavy atom. The fourth-order valence-corrected chi connectivity index (χ4v) is 1.17. The van der Waals surface area contributed by atoms with E-state index in [-0.39, 0.29) is 5.88 Å². The highest BCUT2D eigenvalue weighted by molar-refractivity contribution is 5.88. The van der Waals surface area contributed by atoms with Crippen LogP contribution in [0.4, 0.5) is 5.69 Å². The molecule has 0 unspecified atom stereocenters. The predicted octanol–water partition coefficient (Wildman–Crippen LogP) is 1.52. The van der Waals surface area contributed by atoms with Crippen LogP contribution in [0.3, 0.4) is 0 Å². The van der Waals surface area contributed by atoms with E-state index in [2.05, 4.69) is 4.98 Å². The fraction of sp³-hybridized carbons (Fsp3) is 0. The first-order valence-electron chi connectivity index (χ1n) is 3.60. The second-order valence-electron chi connectivity index (χ2n) is 2.62. The summed E-state index contributed by atoms with van der Waals surface area (Å²) < 4.78 is 0. The van der Waals surface area contributed by atoms with Gasteiger partial charge in [-0.25, -0.2) is 4.98 Å². The molecular formula is C9H8N2O. The molecule has 1 aromatic carbocycles. The van der Waals surface area contributed by atoms with Gasteiger partial charge >= 0.3 is 0 Å². The topological polar surface area (TPSA) is 59.1 Å². The number of anilines is 1. The highest BCUT2D eigenvalue weighted by atomic mass is 16.3. The molecule has 2 aromatic rings. The first-order valence-corrected chi connectivity index (χ1v) is 3.60. The van der Waals surface area contributed by atoms with Crippen molar-refractivity contribution in [2.75, 3.05) is 5.73 Å². The Hall–Kier alpha value is -1.77. The van der Waals surface area contributed by atoms with E-state index in [4.69, 9.17) is 5.73 Å². The van der Waals surface area contributed by atoms with Crippen LogP contribution in [0.25, 0.3) is 10.8 Å². The van der Waals surface area contributed by atoms with Gasteiger partial charge in [0.2, 0.25) is 5.88 Å². The number of rotatable bonds is 0. The van der Waals surface area contributed by atoms with E-state index in [0.29, 0.717) is 11.1 Å². The lowest BCUT2D eigenvalue weighted by Gasteiger charge is -1.99. The van der Waals surface area contributed by atoms with Crippen molar-refractivity contribution in [1.82, 2.24) is 4.98 Å². The second kappa shape index (κ2) is 2.37. The Morgan fingerprint density at radius 3 is 2.92 bits per heavy atom. The molecule has 0 bridgehead atoms. The summed E-state index contributed by atoms with van der Waals surface area (Å²) in [6, 6.07) is 7.18. The van der Waals surface area contributed by atoms with Gasteiger partial charge in [0, 0.05) is 17.3 Å². The molecule has 0 aliphatic rings. The van der Waals surface area contributed by atoms with Crippen molar-refractivity contribution in [3.05, 3.63) is 30.5 Å². The summed E-state index contributed by atoms with van der Waals surface area (Å²) >= 11 is 0. The molecule has 0 radical (unpaired) electrons. The van der Waals surface area contributed by atoms with Crippen LogP contribution in [0.5, 0.6) is 5.88 Å². The molecular weight excluding hydrogens is 152 g/mol. The van der Waals surface area contributed by atoms with E-state index in [0.717, 1.165) is 5.39 Å². The highest BCUT2D eigenvalue weighted by Gasteiger charge is 1.99. The number of aromatic hydroxyl groups is 1. The summed E-state index contributed by atoms with van der Waals surface area (Å²) in [7, 11) is 0. The van der Waals surface area contributed by atoms with E-state index in [1.165, 1.54) is 0 Å². The lowest BCUT2D eigenvalue weighted by molar-refractivity contribution is 0.460. The number of hydrogen-bond acceptors (Lipinski definition) is 3. The number of fused-ring (bicyclic) bond motifs is 1. The van der Waals surface area contributed by atoms with Gasteiger partial charge in [0.05, 0.1) is 0 Å². The molecule has 2 rings (SSSR count). The molecule has 0 saturated heterocycles. The van der Waals surface area contributed by atoms with Crippen molar-refractivity contribution in [3.8, 4) is 5.88 Å². The molecule has 0 spiro atoms. The number of nitrogens with two attached hydrogens (primary N) is 1. The van der Waals surface area contributed by atoms with Crippen LogP contribution in [-0.2, 0) is 0 Å². The number of nitrogens with zero attached hydrogens (tertiary/aromatic N) is 1. The van der Waals surface area contributed by atoms with Gasteiger partial charge in [-0.3, -0.25) is 0 Å². The maximum Gasteiger partial charge on any atom is 0.218 e. The summed E-state index contributed by atoms with van der Waals surface area (Å²) in [5.74, 6) is 0.0276. The lowest BCUT2D eigenvalue weighted by Crippen LogP contribution is -1.84. The van der Waals surface area contributed by atoms with Crippen LogP contribution in [-0.4, -0.2) is 10.1 Å². The molecule has 0 aliphatic heterocycles. The van der Waals surface area contributed by atoms with Crippen molar-refractivity contribution in [3.63, 3.8) is 0 Å². The largest absolute Gasteiger partial charge is 0.493 e. The van der Waals surface area contributed by atoms with E-state index in [9.17, 15) is 5.11 Å². The highest BCUT2D eigenvalue weighted by Crippen LogP contribution is 2.23. The Morgan fingerprint density at radius 1 is 1.25 bits per heavy atom. The van der Waals surface area contributed by atoms with Gasteiger partial charge in [-0.2, -0.15) is 0 Å². The van der Waals surface area contributed by atoms with Crippen molar-refractivity contribution < 1.29 is 5.11 Å². The van der Waals surface area contributed by atoms with Crippen LogP contribution >= 0.6 is 0 Å². The third kappa shape index (κ3) is 0.955. The maximum absolute atomic E-state index is 9.33. The predicted molar refractivity (Wildman–Crippen MR) is 47.8 cm³/mol. The zero-order valence-electron chi connectivity index (χ0n) is 6.36. The van der Waals surface area contributed by atoms with Crippen molar-refractivity contribution >= 4 is 16.5 Å².